The van der Waals surface area contributed by atoms with Crippen molar-refractivity contribution in [2.45, 2.75) is 18.7 Å². The molecule has 0 aliphatic rings. The SMILES string of the molecule is CC(=O)OCCOCCO.Cc1ccc(S(=O)(=O)O)cc1. The van der Waals surface area contributed by atoms with E-state index < -0.39 is 10.1 Å². The van der Waals surface area contributed by atoms with Gasteiger partial charge in [-0.05, 0) is 19.1 Å². The van der Waals surface area contributed by atoms with E-state index >= 15 is 0 Å². The molecule has 0 fully saturated rings. The zero-order valence-electron chi connectivity index (χ0n) is 12.0. The Bertz CT molecular complexity index is 508. The van der Waals surface area contributed by atoms with Gasteiger partial charge in [-0.15, -0.1) is 0 Å². The Kier molecular flexibility index (Phi) is 9.55. The fourth-order valence-corrected chi connectivity index (χ4v) is 1.60. The number of aryl methyl sites for hydroxylation is 1. The highest BCUT2D eigenvalue weighted by molar-refractivity contribution is 7.85. The van der Waals surface area contributed by atoms with Crippen molar-refractivity contribution < 1.29 is 32.3 Å². The highest BCUT2D eigenvalue weighted by atomic mass is 32.2. The molecule has 0 amide bonds. The van der Waals surface area contributed by atoms with E-state index in [9.17, 15) is 13.2 Å². The van der Waals surface area contributed by atoms with Gasteiger partial charge in [0, 0.05) is 6.92 Å². The van der Waals surface area contributed by atoms with Gasteiger partial charge in [-0.25, -0.2) is 0 Å². The van der Waals surface area contributed by atoms with Crippen LogP contribution in [0.3, 0.4) is 0 Å². The van der Waals surface area contributed by atoms with Crippen molar-refractivity contribution >= 4 is 16.1 Å². The lowest BCUT2D eigenvalue weighted by atomic mass is 10.2. The summed E-state index contributed by atoms with van der Waals surface area (Å²) in [4.78, 5) is 10.1. The first-order valence-corrected chi connectivity index (χ1v) is 7.57. The second kappa shape index (κ2) is 10.3. The number of benzene rings is 1. The zero-order chi connectivity index (χ0) is 16.3. The van der Waals surface area contributed by atoms with Gasteiger partial charge in [0.05, 0.1) is 24.7 Å². The van der Waals surface area contributed by atoms with Crippen LogP contribution in [0.15, 0.2) is 29.2 Å². The highest BCUT2D eigenvalue weighted by Gasteiger charge is 2.06. The number of hydrogen-bond donors (Lipinski definition) is 2. The summed E-state index contributed by atoms with van der Waals surface area (Å²) in [6, 6.07) is 5.99. The van der Waals surface area contributed by atoms with Crippen LogP contribution in [0.2, 0.25) is 0 Å². The van der Waals surface area contributed by atoms with E-state index in [4.69, 9.17) is 14.4 Å². The Labute approximate surface area is 124 Å². The Balaban J connectivity index is 0.000000384. The molecular weight excluding hydrogens is 300 g/mol. The molecule has 8 heteroatoms. The monoisotopic (exact) mass is 320 g/mol. The van der Waals surface area contributed by atoms with Gasteiger partial charge in [0.25, 0.3) is 10.1 Å². The number of carbonyl (C=O) groups excluding carboxylic acids is 1. The maximum absolute atomic E-state index is 10.5. The molecule has 0 aromatic heterocycles. The first-order valence-electron chi connectivity index (χ1n) is 6.13. The van der Waals surface area contributed by atoms with Gasteiger partial charge in [-0.1, -0.05) is 17.7 Å². The third kappa shape index (κ3) is 10.9. The summed E-state index contributed by atoms with van der Waals surface area (Å²) in [5.74, 6) is -0.312. The molecule has 1 aromatic rings. The molecule has 2 N–H and O–H groups in total. The number of carbonyl (C=O) groups is 1. The lowest BCUT2D eigenvalue weighted by molar-refractivity contribution is -0.142. The average molecular weight is 320 g/mol. The van der Waals surface area contributed by atoms with E-state index in [-0.39, 0.29) is 24.1 Å². The van der Waals surface area contributed by atoms with E-state index in [1.807, 2.05) is 6.92 Å². The van der Waals surface area contributed by atoms with Crippen LogP contribution in [0.25, 0.3) is 0 Å². The van der Waals surface area contributed by atoms with E-state index in [2.05, 4.69) is 4.74 Å². The molecule has 0 saturated carbocycles. The molecule has 0 aliphatic carbocycles. The zero-order valence-corrected chi connectivity index (χ0v) is 12.8. The number of ether oxygens (including phenoxy) is 2. The van der Waals surface area contributed by atoms with Crippen molar-refractivity contribution in [3.63, 3.8) is 0 Å². The normalized spacial score (nSPS) is 10.5. The molecule has 0 aliphatic heterocycles. The van der Waals surface area contributed by atoms with E-state index in [0.29, 0.717) is 13.2 Å². The van der Waals surface area contributed by atoms with Crippen molar-refractivity contribution in [3.05, 3.63) is 29.8 Å². The Hall–Kier alpha value is -1.48. The lowest BCUT2D eigenvalue weighted by Gasteiger charge is -2.01. The standard InChI is InChI=1S/C7H8O3S.C6H12O4/c1-6-2-4-7(5-3-6)11(8,9)10;1-6(8)10-5-4-9-3-2-7/h2-5H,1H3,(H,8,9,10);7H,2-5H2,1H3. The topological polar surface area (TPSA) is 110 Å². The third-order valence-corrected chi connectivity index (χ3v) is 2.96. The highest BCUT2D eigenvalue weighted by Crippen LogP contribution is 2.08. The maximum atomic E-state index is 10.5. The number of esters is 1. The Morgan fingerprint density at radius 1 is 1.14 bits per heavy atom. The van der Waals surface area contributed by atoms with Gasteiger partial charge >= 0.3 is 5.97 Å². The van der Waals surface area contributed by atoms with Crippen molar-refractivity contribution in [2.75, 3.05) is 26.4 Å². The molecular formula is C13H20O7S. The molecule has 0 saturated heterocycles. The summed E-state index contributed by atoms with van der Waals surface area (Å²) in [7, 11) is -4.02. The molecule has 0 unspecified atom stereocenters. The van der Waals surface area contributed by atoms with Gasteiger partial charge < -0.3 is 14.6 Å². The summed E-state index contributed by atoms with van der Waals surface area (Å²) in [5, 5.41) is 8.24. The van der Waals surface area contributed by atoms with Crippen molar-refractivity contribution in [3.8, 4) is 0 Å². The molecule has 7 nitrogen and oxygen atoms in total. The van der Waals surface area contributed by atoms with Crippen molar-refractivity contribution in [2.24, 2.45) is 0 Å². The smallest absolute Gasteiger partial charge is 0.302 e. The minimum atomic E-state index is -4.02. The van der Waals surface area contributed by atoms with Crippen LogP contribution >= 0.6 is 0 Å². The Morgan fingerprint density at radius 2 is 1.71 bits per heavy atom. The van der Waals surface area contributed by atoms with Crippen molar-refractivity contribution in [1.29, 1.82) is 0 Å². The van der Waals surface area contributed by atoms with Crippen LogP contribution in [0.1, 0.15) is 12.5 Å². The van der Waals surface area contributed by atoms with E-state index in [1.54, 1.807) is 12.1 Å². The molecule has 0 bridgehead atoms. The summed E-state index contributed by atoms with van der Waals surface area (Å²) in [6.45, 7) is 4.08. The number of rotatable bonds is 6. The van der Waals surface area contributed by atoms with Crippen molar-refractivity contribution in [1.82, 2.24) is 0 Å². The number of aliphatic hydroxyl groups excluding tert-OH is 1. The van der Waals surface area contributed by atoms with Gasteiger partial charge in [0.15, 0.2) is 0 Å². The minimum absolute atomic E-state index is 0.0000709. The Morgan fingerprint density at radius 3 is 2.14 bits per heavy atom. The molecule has 0 radical (unpaired) electrons. The van der Waals surface area contributed by atoms with Gasteiger partial charge in [-0.3, -0.25) is 9.35 Å². The summed E-state index contributed by atoms with van der Waals surface area (Å²) >= 11 is 0. The van der Waals surface area contributed by atoms with Gasteiger partial charge in [0.1, 0.15) is 6.61 Å². The van der Waals surface area contributed by atoms with E-state index in [0.717, 1.165) is 5.56 Å². The lowest BCUT2D eigenvalue weighted by Crippen LogP contribution is -2.09. The largest absolute Gasteiger partial charge is 0.463 e. The number of aliphatic hydroxyl groups is 1. The van der Waals surface area contributed by atoms with Crippen LogP contribution < -0.4 is 0 Å². The molecule has 120 valence electrons. The van der Waals surface area contributed by atoms with Crippen LogP contribution in [0.5, 0.6) is 0 Å². The fourth-order valence-electron chi connectivity index (χ4n) is 1.12. The van der Waals surface area contributed by atoms with Crippen LogP contribution in [0, 0.1) is 6.92 Å². The predicted molar refractivity (Wildman–Crippen MR) is 75.5 cm³/mol. The molecule has 0 spiro atoms. The minimum Gasteiger partial charge on any atom is -0.463 e. The first kappa shape index (κ1) is 19.5. The molecule has 1 aromatic carbocycles. The first-order chi connectivity index (χ1) is 9.77. The molecule has 1 rings (SSSR count). The summed E-state index contributed by atoms with van der Waals surface area (Å²) in [6.07, 6.45) is 0. The van der Waals surface area contributed by atoms with Crippen LogP contribution in [-0.2, 0) is 24.4 Å². The molecule has 0 atom stereocenters. The second-order valence-electron chi connectivity index (χ2n) is 3.96. The second-order valence-corrected chi connectivity index (χ2v) is 5.39. The van der Waals surface area contributed by atoms with Crippen LogP contribution in [-0.4, -0.2) is 50.5 Å². The maximum Gasteiger partial charge on any atom is 0.302 e. The third-order valence-electron chi connectivity index (χ3n) is 2.09. The predicted octanol–water partition coefficient (Wildman–Crippen LogP) is 0.800. The molecule has 21 heavy (non-hydrogen) atoms. The fraction of sp³-hybridized carbons (Fsp3) is 0.462. The average Bonchev–Trinajstić information content (AvgIpc) is 2.38. The quantitative estimate of drug-likeness (QED) is 0.453. The van der Waals surface area contributed by atoms with Gasteiger partial charge in [-0.2, -0.15) is 8.42 Å². The summed E-state index contributed by atoms with van der Waals surface area (Å²) < 4.78 is 38.9. The molecule has 0 heterocycles. The number of hydrogen-bond acceptors (Lipinski definition) is 6. The van der Waals surface area contributed by atoms with Crippen LogP contribution in [0.4, 0.5) is 0 Å². The van der Waals surface area contributed by atoms with E-state index in [1.165, 1.54) is 19.1 Å². The summed E-state index contributed by atoms with van der Waals surface area (Å²) in [5.41, 5.74) is 0.956. The van der Waals surface area contributed by atoms with Gasteiger partial charge in [0.2, 0.25) is 0 Å².